The maximum Gasteiger partial charge on any atom is 0.128 e. The molecular weight excluding hydrogens is 236 g/mol. The fraction of sp³-hybridized carbons (Fsp3) is 0.625. The van der Waals surface area contributed by atoms with Gasteiger partial charge in [-0.25, -0.2) is 0 Å². The Hall–Kier alpha value is -1.06. The Morgan fingerprint density at radius 3 is 2.68 bits per heavy atom. The third-order valence-electron chi connectivity index (χ3n) is 3.78. The van der Waals surface area contributed by atoms with Gasteiger partial charge in [0.05, 0.1) is 20.2 Å². The van der Waals surface area contributed by atoms with Gasteiger partial charge >= 0.3 is 0 Å². The minimum absolute atomic E-state index is 0.451. The van der Waals surface area contributed by atoms with Gasteiger partial charge in [0, 0.05) is 5.56 Å². The van der Waals surface area contributed by atoms with Crippen LogP contribution in [-0.4, -0.2) is 33.3 Å². The molecule has 0 aliphatic heterocycles. The molecule has 2 rings (SSSR count). The Bertz CT molecular complexity index is 373. The molecule has 1 fully saturated rings. The number of hydrogen-bond acceptors (Lipinski definition) is 1. The second-order valence-corrected chi connectivity index (χ2v) is 5.87. The maximum atomic E-state index is 6.16. The van der Waals surface area contributed by atoms with Crippen molar-refractivity contribution in [1.29, 1.82) is 0 Å². The van der Waals surface area contributed by atoms with Gasteiger partial charge in [0.15, 0.2) is 0 Å². The Morgan fingerprint density at radius 1 is 1.21 bits per heavy atom. The van der Waals surface area contributed by atoms with Crippen LogP contribution in [0.15, 0.2) is 24.3 Å². The largest absolute Gasteiger partial charge is 0.490 e. The molecule has 106 valence electrons. The van der Waals surface area contributed by atoms with Gasteiger partial charge in [-0.2, -0.15) is 0 Å². The number of nitrogens with two attached hydrogens (primary N) is 1. The molecule has 0 aromatic heterocycles. The predicted molar refractivity (Wildman–Crippen MR) is 77.5 cm³/mol. The van der Waals surface area contributed by atoms with Crippen LogP contribution >= 0.6 is 0 Å². The molecule has 1 aliphatic rings. The summed E-state index contributed by atoms with van der Waals surface area (Å²) in [6.45, 7) is 3.39. The van der Waals surface area contributed by atoms with E-state index in [2.05, 4.69) is 43.7 Å². The molecule has 0 atom stereocenters. The van der Waals surface area contributed by atoms with E-state index in [0.29, 0.717) is 6.10 Å². The van der Waals surface area contributed by atoms with E-state index >= 15 is 0 Å². The monoisotopic (exact) mass is 264 g/mol. The second-order valence-electron chi connectivity index (χ2n) is 5.87. The van der Waals surface area contributed by atoms with Crippen LogP contribution in [0.1, 0.15) is 31.2 Å². The molecule has 3 nitrogen and oxygen atoms in total. The number of hydrogen-bond donors (Lipinski definition) is 2. The first-order valence-electron chi connectivity index (χ1n) is 7.61. The maximum absolute atomic E-state index is 6.16. The van der Waals surface area contributed by atoms with Crippen molar-refractivity contribution in [1.82, 2.24) is 0 Å². The van der Waals surface area contributed by atoms with Gasteiger partial charge in [0.25, 0.3) is 0 Å². The summed E-state index contributed by atoms with van der Waals surface area (Å²) in [4.78, 5) is 1.51. The van der Waals surface area contributed by atoms with E-state index in [9.17, 15) is 0 Å². The average Bonchev–Trinajstić information content (AvgIpc) is 2.89. The molecule has 19 heavy (non-hydrogen) atoms. The summed E-state index contributed by atoms with van der Waals surface area (Å²) in [5.41, 5.74) is 1.34. The molecule has 0 heterocycles. The quantitative estimate of drug-likeness (QED) is 0.678. The fourth-order valence-corrected chi connectivity index (χ4v) is 2.62. The van der Waals surface area contributed by atoms with Gasteiger partial charge in [0.1, 0.15) is 25.4 Å². The van der Waals surface area contributed by atoms with Crippen molar-refractivity contribution >= 4 is 0 Å². The van der Waals surface area contributed by atoms with Crippen molar-refractivity contribution in [2.75, 3.05) is 27.2 Å². The van der Waals surface area contributed by atoms with Gasteiger partial charge in [-0.1, -0.05) is 12.1 Å². The van der Waals surface area contributed by atoms with Crippen LogP contribution < -0.4 is 15.0 Å². The van der Waals surface area contributed by atoms with E-state index in [1.165, 1.54) is 49.2 Å². The first-order chi connectivity index (χ1) is 9.25. The molecule has 0 unspecified atom stereocenters. The lowest BCUT2D eigenvalue weighted by atomic mass is 10.2. The van der Waals surface area contributed by atoms with Gasteiger partial charge in [-0.05, 0) is 37.8 Å². The number of quaternary nitrogens is 2. The summed E-state index contributed by atoms with van der Waals surface area (Å²) in [7, 11) is 4.40. The van der Waals surface area contributed by atoms with E-state index in [0.717, 1.165) is 12.3 Å². The van der Waals surface area contributed by atoms with Gasteiger partial charge < -0.3 is 15.0 Å². The standard InChI is InChI=1S/C16H26N2O/c1-18(2)12-11-17-13-14-7-3-6-10-16(14)19-15-8-4-5-9-15/h3,6-7,10,15,17H,4-5,8-9,11-13H2,1-2H3/p+2. The first kappa shape index (κ1) is 14.4. The predicted octanol–water partition coefficient (Wildman–Crippen LogP) is 0.216. The number of rotatable bonds is 7. The smallest absolute Gasteiger partial charge is 0.128 e. The molecule has 0 radical (unpaired) electrons. The molecule has 0 saturated heterocycles. The van der Waals surface area contributed by atoms with Crippen LogP contribution in [0.4, 0.5) is 0 Å². The Kier molecular flexibility index (Phi) is 5.67. The Labute approximate surface area is 116 Å². The van der Waals surface area contributed by atoms with Crippen molar-refractivity contribution in [3.8, 4) is 5.75 Å². The summed E-state index contributed by atoms with van der Waals surface area (Å²) in [5.74, 6) is 1.10. The lowest BCUT2D eigenvalue weighted by Crippen LogP contribution is -3.09. The highest BCUT2D eigenvalue weighted by atomic mass is 16.5. The van der Waals surface area contributed by atoms with E-state index in [1.54, 1.807) is 0 Å². The van der Waals surface area contributed by atoms with Crippen LogP contribution in [0.25, 0.3) is 0 Å². The molecule has 1 aromatic carbocycles. The Morgan fingerprint density at radius 2 is 1.95 bits per heavy atom. The molecule has 0 bridgehead atoms. The molecule has 3 N–H and O–H groups in total. The first-order valence-corrected chi connectivity index (χ1v) is 7.61. The van der Waals surface area contributed by atoms with Crippen molar-refractivity contribution < 1.29 is 15.0 Å². The lowest BCUT2D eigenvalue weighted by molar-refractivity contribution is -0.875. The minimum atomic E-state index is 0.451. The third kappa shape index (κ3) is 4.84. The summed E-state index contributed by atoms with van der Waals surface area (Å²) in [6.07, 6.45) is 5.55. The van der Waals surface area contributed by atoms with E-state index in [1.807, 2.05) is 0 Å². The zero-order valence-corrected chi connectivity index (χ0v) is 12.3. The average molecular weight is 264 g/mol. The number of ether oxygens (including phenoxy) is 1. The van der Waals surface area contributed by atoms with Crippen LogP contribution in [0.2, 0.25) is 0 Å². The molecule has 1 saturated carbocycles. The number of likely N-dealkylation sites (N-methyl/N-ethyl adjacent to an activating group) is 1. The molecule has 1 aromatic rings. The summed E-state index contributed by atoms with van der Waals surface area (Å²) in [6, 6.07) is 8.52. The highest BCUT2D eigenvalue weighted by molar-refractivity contribution is 5.32. The normalized spacial score (nSPS) is 16.2. The fourth-order valence-electron chi connectivity index (χ4n) is 2.62. The highest BCUT2D eigenvalue weighted by Crippen LogP contribution is 2.26. The number of benzene rings is 1. The SMILES string of the molecule is C[NH+](C)CC[NH2+]Cc1ccccc1OC1CCCC1. The van der Waals surface area contributed by atoms with Crippen LogP contribution in [0, 0.1) is 0 Å². The van der Waals surface area contributed by atoms with Crippen molar-refractivity contribution in [2.45, 2.75) is 38.3 Å². The molecule has 0 amide bonds. The van der Waals surface area contributed by atoms with Gasteiger partial charge in [0.2, 0.25) is 0 Å². The Balaban J connectivity index is 1.84. The third-order valence-corrected chi connectivity index (χ3v) is 3.78. The lowest BCUT2D eigenvalue weighted by Gasteiger charge is -2.16. The topological polar surface area (TPSA) is 30.3 Å². The second kappa shape index (κ2) is 7.51. The van der Waals surface area contributed by atoms with Gasteiger partial charge in [-0.15, -0.1) is 0 Å². The zero-order valence-electron chi connectivity index (χ0n) is 12.3. The van der Waals surface area contributed by atoms with E-state index < -0.39 is 0 Å². The number of nitrogens with one attached hydrogen (secondary N) is 1. The summed E-state index contributed by atoms with van der Waals surface area (Å²) < 4.78 is 6.16. The zero-order chi connectivity index (χ0) is 13.5. The van der Waals surface area contributed by atoms with E-state index in [-0.39, 0.29) is 0 Å². The molecule has 3 heteroatoms. The summed E-state index contributed by atoms with van der Waals surface area (Å²) in [5, 5.41) is 2.38. The van der Waals surface area contributed by atoms with Crippen LogP contribution in [0.5, 0.6) is 5.75 Å². The molecular formula is C16H28N2O+2. The van der Waals surface area contributed by atoms with Crippen molar-refractivity contribution in [3.63, 3.8) is 0 Å². The highest BCUT2D eigenvalue weighted by Gasteiger charge is 2.17. The van der Waals surface area contributed by atoms with Gasteiger partial charge in [-0.3, -0.25) is 0 Å². The summed E-state index contributed by atoms with van der Waals surface area (Å²) >= 11 is 0. The van der Waals surface area contributed by atoms with E-state index in [4.69, 9.17) is 4.74 Å². The van der Waals surface area contributed by atoms with Crippen LogP contribution in [0.3, 0.4) is 0 Å². The van der Waals surface area contributed by atoms with Crippen molar-refractivity contribution in [3.05, 3.63) is 29.8 Å². The minimum Gasteiger partial charge on any atom is -0.490 e. The molecule has 1 aliphatic carbocycles. The van der Waals surface area contributed by atoms with Crippen molar-refractivity contribution in [2.24, 2.45) is 0 Å². The number of para-hydroxylation sites is 1. The molecule has 0 spiro atoms. The van der Waals surface area contributed by atoms with Crippen LogP contribution in [-0.2, 0) is 6.54 Å².